The molecule has 0 aromatic rings. The van der Waals surface area contributed by atoms with Crippen molar-refractivity contribution in [3.05, 3.63) is 0 Å². The zero-order valence-corrected chi connectivity index (χ0v) is 10.5. The van der Waals surface area contributed by atoms with Crippen molar-refractivity contribution >= 4 is 0 Å². The fourth-order valence-corrected chi connectivity index (χ4v) is 2.21. The summed E-state index contributed by atoms with van der Waals surface area (Å²) in [6.45, 7) is 10.0. The molecule has 3 heteroatoms. The topological polar surface area (TPSA) is 24.5 Å². The third-order valence-corrected chi connectivity index (χ3v) is 3.31. The van der Waals surface area contributed by atoms with Gasteiger partial charge in [-0.15, -0.1) is 0 Å². The quantitative estimate of drug-likeness (QED) is 0.675. The van der Waals surface area contributed by atoms with Gasteiger partial charge in [0.1, 0.15) is 0 Å². The van der Waals surface area contributed by atoms with Crippen molar-refractivity contribution < 1.29 is 4.74 Å². The van der Waals surface area contributed by atoms with Crippen molar-refractivity contribution in [3.63, 3.8) is 0 Å². The van der Waals surface area contributed by atoms with Crippen molar-refractivity contribution in [2.24, 2.45) is 5.92 Å². The van der Waals surface area contributed by atoms with Gasteiger partial charge in [-0.25, -0.2) is 0 Å². The molecule has 0 saturated carbocycles. The molecule has 0 spiro atoms. The molecular formula is C12H26N2O. The monoisotopic (exact) mass is 214 g/mol. The minimum Gasteiger partial charge on any atom is -0.383 e. The normalized spacial score (nSPS) is 28.2. The molecule has 3 nitrogen and oxygen atoms in total. The van der Waals surface area contributed by atoms with E-state index in [0.717, 1.165) is 31.7 Å². The molecule has 0 aliphatic carbocycles. The molecule has 1 rings (SSSR count). The summed E-state index contributed by atoms with van der Waals surface area (Å²) >= 11 is 0. The van der Waals surface area contributed by atoms with Crippen LogP contribution in [0.25, 0.3) is 0 Å². The first-order chi connectivity index (χ1) is 7.24. The summed E-state index contributed by atoms with van der Waals surface area (Å²) in [5, 5.41) is 3.40. The van der Waals surface area contributed by atoms with E-state index in [0.29, 0.717) is 0 Å². The Morgan fingerprint density at radius 1 is 1.27 bits per heavy atom. The van der Waals surface area contributed by atoms with Crippen molar-refractivity contribution in [1.82, 2.24) is 10.2 Å². The Morgan fingerprint density at radius 3 is 2.80 bits per heavy atom. The molecule has 0 aromatic heterocycles. The summed E-state index contributed by atoms with van der Waals surface area (Å²) in [4.78, 5) is 2.61. The fourth-order valence-electron chi connectivity index (χ4n) is 2.21. The SMILES string of the molecule is COCCNCCN1CC(C)CCC1C. The number of ether oxygens (including phenoxy) is 1. The van der Waals surface area contributed by atoms with E-state index in [1.165, 1.54) is 25.9 Å². The van der Waals surface area contributed by atoms with E-state index in [4.69, 9.17) is 4.74 Å². The summed E-state index contributed by atoms with van der Waals surface area (Å²) in [5.74, 6) is 0.875. The minimum absolute atomic E-state index is 0.769. The first kappa shape index (κ1) is 12.9. The summed E-state index contributed by atoms with van der Waals surface area (Å²) in [7, 11) is 1.75. The predicted molar refractivity (Wildman–Crippen MR) is 64.2 cm³/mol. The van der Waals surface area contributed by atoms with Crippen LogP contribution in [0.4, 0.5) is 0 Å². The number of hydrogen-bond acceptors (Lipinski definition) is 3. The van der Waals surface area contributed by atoms with Gasteiger partial charge in [0.2, 0.25) is 0 Å². The Kier molecular flexibility index (Phi) is 6.22. The Hall–Kier alpha value is -0.120. The fraction of sp³-hybridized carbons (Fsp3) is 1.00. The molecule has 0 amide bonds. The Bertz CT molecular complexity index is 164. The van der Waals surface area contributed by atoms with E-state index in [1.54, 1.807) is 7.11 Å². The molecule has 1 aliphatic rings. The number of piperidine rings is 1. The van der Waals surface area contributed by atoms with Crippen molar-refractivity contribution in [3.8, 4) is 0 Å². The van der Waals surface area contributed by atoms with Crippen LogP contribution in [0.3, 0.4) is 0 Å². The van der Waals surface area contributed by atoms with Crippen molar-refractivity contribution in [2.45, 2.75) is 32.7 Å². The van der Waals surface area contributed by atoms with Gasteiger partial charge in [0.25, 0.3) is 0 Å². The first-order valence-corrected chi connectivity index (χ1v) is 6.17. The van der Waals surface area contributed by atoms with Crippen molar-refractivity contribution in [1.29, 1.82) is 0 Å². The van der Waals surface area contributed by atoms with E-state index in [-0.39, 0.29) is 0 Å². The van der Waals surface area contributed by atoms with Gasteiger partial charge in [0, 0.05) is 39.3 Å². The molecule has 1 fully saturated rings. The van der Waals surface area contributed by atoms with Gasteiger partial charge in [0.15, 0.2) is 0 Å². The third kappa shape index (κ3) is 4.96. The van der Waals surface area contributed by atoms with Gasteiger partial charge in [-0.2, -0.15) is 0 Å². The molecule has 1 N–H and O–H groups in total. The van der Waals surface area contributed by atoms with E-state index < -0.39 is 0 Å². The molecule has 0 bridgehead atoms. The number of methoxy groups -OCH3 is 1. The number of rotatable bonds is 6. The highest BCUT2D eigenvalue weighted by atomic mass is 16.5. The predicted octanol–water partition coefficient (Wildman–Crippen LogP) is 1.34. The lowest BCUT2D eigenvalue weighted by atomic mass is 9.95. The minimum atomic E-state index is 0.769. The lowest BCUT2D eigenvalue weighted by Crippen LogP contribution is -2.44. The number of likely N-dealkylation sites (tertiary alicyclic amines) is 1. The maximum absolute atomic E-state index is 5.00. The number of nitrogens with zero attached hydrogens (tertiary/aromatic N) is 1. The molecular weight excluding hydrogens is 188 g/mol. The molecule has 1 saturated heterocycles. The van der Waals surface area contributed by atoms with E-state index >= 15 is 0 Å². The molecule has 2 atom stereocenters. The highest BCUT2D eigenvalue weighted by Gasteiger charge is 2.21. The molecule has 1 aliphatic heterocycles. The van der Waals surface area contributed by atoms with Gasteiger partial charge >= 0.3 is 0 Å². The highest BCUT2D eigenvalue weighted by Crippen LogP contribution is 2.20. The van der Waals surface area contributed by atoms with Crippen LogP contribution in [0.1, 0.15) is 26.7 Å². The van der Waals surface area contributed by atoms with Crippen LogP contribution in [0.2, 0.25) is 0 Å². The van der Waals surface area contributed by atoms with Gasteiger partial charge < -0.3 is 10.1 Å². The molecule has 1 heterocycles. The smallest absolute Gasteiger partial charge is 0.0587 e. The summed E-state index contributed by atoms with van der Waals surface area (Å²) < 4.78 is 5.00. The van der Waals surface area contributed by atoms with Crippen LogP contribution >= 0.6 is 0 Å². The second-order valence-electron chi connectivity index (χ2n) is 4.77. The number of hydrogen-bond donors (Lipinski definition) is 1. The zero-order valence-electron chi connectivity index (χ0n) is 10.5. The number of nitrogens with one attached hydrogen (secondary N) is 1. The highest BCUT2D eigenvalue weighted by molar-refractivity contribution is 4.77. The Balaban J connectivity index is 2.08. The van der Waals surface area contributed by atoms with Crippen LogP contribution in [-0.4, -0.2) is 50.8 Å². The van der Waals surface area contributed by atoms with Crippen LogP contribution in [-0.2, 0) is 4.74 Å². The third-order valence-electron chi connectivity index (χ3n) is 3.31. The average Bonchev–Trinajstić information content (AvgIpc) is 2.23. The van der Waals surface area contributed by atoms with E-state index in [9.17, 15) is 0 Å². The van der Waals surface area contributed by atoms with Crippen LogP contribution in [0.5, 0.6) is 0 Å². The standard InChI is InChI=1S/C12H26N2O/c1-11-4-5-12(2)14(10-11)8-6-13-7-9-15-3/h11-13H,4-10H2,1-3H3. The second kappa shape index (κ2) is 7.20. The maximum atomic E-state index is 5.00. The van der Waals surface area contributed by atoms with Crippen LogP contribution in [0, 0.1) is 5.92 Å². The maximum Gasteiger partial charge on any atom is 0.0587 e. The van der Waals surface area contributed by atoms with Gasteiger partial charge in [-0.1, -0.05) is 6.92 Å². The summed E-state index contributed by atoms with van der Waals surface area (Å²) in [6.07, 6.45) is 2.76. The van der Waals surface area contributed by atoms with Gasteiger partial charge in [-0.05, 0) is 25.7 Å². The van der Waals surface area contributed by atoms with Gasteiger partial charge in [0.05, 0.1) is 6.61 Å². The summed E-state index contributed by atoms with van der Waals surface area (Å²) in [5.41, 5.74) is 0. The second-order valence-corrected chi connectivity index (χ2v) is 4.77. The zero-order chi connectivity index (χ0) is 11.1. The largest absolute Gasteiger partial charge is 0.383 e. The lowest BCUT2D eigenvalue weighted by molar-refractivity contribution is 0.124. The lowest BCUT2D eigenvalue weighted by Gasteiger charge is -2.36. The van der Waals surface area contributed by atoms with Gasteiger partial charge in [-0.3, -0.25) is 4.90 Å². The molecule has 2 unspecified atom stereocenters. The molecule has 15 heavy (non-hydrogen) atoms. The van der Waals surface area contributed by atoms with Crippen molar-refractivity contribution in [2.75, 3.05) is 39.9 Å². The van der Waals surface area contributed by atoms with Crippen LogP contribution in [0.15, 0.2) is 0 Å². The summed E-state index contributed by atoms with van der Waals surface area (Å²) in [6, 6.07) is 0.769. The molecule has 90 valence electrons. The molecule has 0 radical (unpaired) electrons. The Morgan fingerprint density at radius 2 is 2.07 bits per heavy atom. The Labute approximate surface area is 94.2 Å². The van der Waals surface area contributed by atoms with E-state index in [1.807, 2.05) is 0 Å². The van der Waals surface area contributed by atoms with E-state index in [2.05, 4.69) is 24.1 Å². The van der Waals surface area contributed by atoms with Crippen LogP contribution < -0.4 is 5.32 Å². The first-order valence-electron chi connectivity index (χ1n) is 6.17. The molecule has 0 aromatic carbocycles. The average molecular weight is 214 g/mol.